The average Bonchev–Trinajstić information content (AvgIpc) is 1.57. The van der Waals surface area contributed by atoms with Crippen molar-refractivity contribution in [3.8, 4) is 17.2 Å². The second-order valence-corrected chi connectivity index (χ2v) is 33.3. The van der Waals surface area contributed by atoms with Crippen molar-refractivity contribution in [2.75, 3.05) is 61.0 Å². The summed E-state index contributed by atoms with van der Waals surface area (Å²) in [4.78, 5) is 94.9. The van der Waals surface area contributed by atoms with Crippen molar-refractivity contribution in [3.63, 3.8) is 0 Å². The Morgan fingerprint density at radius 3 is 1.07 bits per heavy atom. The van der Waals surface area contributed by atoms with Gasteiger partial charge < -0.3 is 81.6 Å². The Morgan fingerprint density at radius 1 is 0.389 bits per heavy atom. The molecule has 0 aliphatic heterocycles. The van der Waals surface area contributed by atoms with Gasteiger partial charge in [0.05, 0.1) is 12.2 Å². The van der Waals surface area contributed by atoms with E-state index in [4.69, 9.17) is 78.3 Å². The Bertz CT molecular complexity index is 4530. The van der Waals surface area contributed by atoms with Crippen molar-refractivity contribution in [2.24, 2.45) is 53.3 Å². The number of hydrogen-bond donors (Lipinski definition) is 3. The van der Waals surface area contributed by atoms with Gasteiger partial charge in [-0.1, -0.05) is 186 Å². The molecule has 3 fully saturated rings. The monoisotopic (exact) mass is 1760 g/mol. The fourth-order valence-corrected chi connectivity index (χ4v) is 18.7. The summed E-state index contributed by atoms with van der Waals surface area (Å²) in [5.41, 5.74) is 10.4. The second kappa shape index (κ2) is 52.0. The molecule has 7 aromatic carbocycles. The molecule has 26 heteroatoms. The van der Waals surface area contributed by atoms with Crippen LogP contribution in [0, 0.1) is 53.3 Å². The quantitative estimate of drug-likeness (QED) is 0.0183. The van der Waals surface area contributed by atoms with Crippen LogP contribution in [0.5, 0.6) is 17.2 Å². The second-order valence-electron chi connectivity index (χ2n) is 32.8. The molecule has 15 atom stereocenters. The zero-order valence-electron chi connectivity index (χ0n) is 72.4. The van der Waals surface area contributed by atoms with E-state index in [-0.39, 0.29) is 152 Å². The lowest BCUT2D eigenvalue weighted by atomic mass is 9.73. The van der Waals surface area contributed by atoms with Gasteiger partial charge in [0.2, 0.25) is 5.24 Å². The standard InChI is InChI=1S/C38H44O9.C35H40O7.C23H32O7.C3H5ClO2.CH4/c1-3-30(46-37(40)24-42-2)17-18-31-32-19-28-15-10-16-34(43-25-36(39)44-22-26-11-6-4-7-12-26)33(28)20-29(32)21-35(31)47-38(41)45-23-27-13-8-5-9-14-27;1-2-28(36)16-17-29-30-18-26-14-9-15-32(39-23-34(37)40-21-24-10-5-3-6-11-24)31(26)19-27(30)20-33(29)42-35(38)41-22-25-12-7-4-8-13-25;1-3-16(30-23(27)13-28-2)7-8-17-18-9-14-5-4-6-21(29-12-22(25)26)19(14)10-15(18)11-20(17)24;1-6-2-3(4)5;/h4-16,29-32,35H,3,17-25H2,1-2H3;3-15,27-30,33,36H,2,16-23H2,1H3;4-6,15-18,20,24H,3,7-13H2,1-2H3,(H,25,26);2H2,1H3;1H4/t29-,30-,31+,32-,35+;27-,28-,29+,30-,33+;15-,16-,17+,18-,20+;;/m000../s1. The number of fused-ring (bicyclic) bond motifs is 6. The topological polar surface area (TPSA) is 326 Å². The van der Waals surface area contributed by atoms with Gasteiger partial charge in [-0.15, -0.1) is 0 Å². The third kappa shape index (κ3) is 30.7. The minimum atomic E-state index is -0.991. The first-order valence-electron chi connectivity index (χ1n) is 43.6. The Morgan fingerprint density at radius 2 is 0.730 bits per heavy atom. The molecule has 0 saturated heterocycles. The predicted molar refractivity (Wildman–Crippen MR) is 470 cm³/mol. The summed E-state index contributed by atoms with van der Waals surface area (Å²) in [6.07, 6.45) is 10.3. The normalized spacial score (nSPS) is 21.3. The van der Waals surface area contributed by atoms with E-state index in [0.29, 0.717) is 73.0 Å². The van der Waals surface area contributed by atoms with Crippen molar-refractivity contribution < 1.29 is 120 Å². The van der Waals surface area contributed by atoms with Gasteiger partial charge in [-0.25, -0.2) is 33.6 Å². The molecule has 0 bridgehead atoms. The van der Waals surface area contributed by atoms with Crippen LogP contribution in [0.3, 0.4) is 0 Å². The van der Waals surface area contributed by atoms with E-state index in [1.165, 1.54) is 32.5 Å². The maximum Gasteiger partial charge on any atom is 0.508 e. The first-order valence-corrected chi connectivity index (χ1v) is 44.0. The number of carboxylic acids is 1. The number of ether oxygens (including phenoxy) is 14. The number of halogens is 1. The number of carbonyl (C=O) groups excluding carboxylic acids is 7. The zero-order valence-corrected chi connectivity index (χ0v) is 73.2. The minimum Gasteiger partial charge on any atom is -0.482 e. The van der Waals surface area contributed by atoms with E-state index in [2.05, 4.69) is 22.9 Å². The van der Waals surface area contributed by atoms with Crippen LogP contribution in [0.2, 0.25) is 0 Å². The third-order valence-corrected chi connectivity index (χ3v) is 24.8. The predicted octanol–water partition coefficient (Wildman–Crippen LogP) is 16.7. The number of hydrogen-bond acceptors (Lipinski definition) is 24. The number of esters is 4. The molecule has 7 aromatic rings. The Balaban J connectivity index is 0.000000210. The molecule has 6 aliphatic carbocycles. The molecule has 3 saturated carbocycles. The minimum absolute atomic E-state index is 0. The summed E-state index contributed by atoms with van der Waals surface area (Å²) >= 11 is 4.81. The maximum atomic E-state index is 12.9. The fraction of sp³-hybridized carbons (Fsp3) is 0.500. The van der Waals surface area contributed by atoms with E-state index in [0.717, 1.165) is 128 Å². The van der Waals surface area contributed by atoms with Gasteiger partial charge >= 0.3 is 42.2 Å². The van der Waals surface area contributed by atoms with Crippen LogP contribution in [0.15, 0.2) is 176 Å². The molecule has 0 spiro atoms. The third-order valence-electron chi connectivity index (χ3n) is 24.6. The van der Waals surface area contributed by atoms with Crippen molar-refractivity contribution in [1.82, 2.24) is 0 Å². The van der Waals surface area contributed by atoms with Gasteiger partial charge in [-0.3, -0.25) is 4.79 Å². The highest BCUT2D eigenvalue weighted by molar-refractivity contribution is 6.63. The van der Waals surface area contributed by atoms with E-state index >= 15 is 0 Å². The van der Waals surface area contributed by atoms with Crippen LogP contribution >= 0.6 is 11.6 Å². The number of aliphatic hydroxyl groups is 2. The molecule has 0 heterocycles. The molecule has 682 valence electrons. The van der Waals surface area contributed by atoms with Crippen LogP contribution in [0.25, 0.3) is 0 Å². The molecule has 0 unspecified atom stereocenters. The lowest BCUT2D eigenvalue weighted by Crippen LogP contribution is -2.30. The summed E-state index contributed by atoms with van der Waals surface area (Å²) in [5.74, 6) is 1.64. The number of carbonyl (C=O) groups is 8. The van der Waals surface area contributed by atoms with Crippen molar-refractivity contribution in [1.29, 1.82) is 0 Å². The molecule has 0 amide bonds. The van der Waals surface area contributed by atoms with Gasteiger partial charge in [0.1, 0.15) is 87.9 Å². The average molecular weight is 1760 g/mol. The summed E-state index contributed by atoms with van der Waals surface area (Å²) in [6.45, 7) is 5.85. The number of aliphatic hydroxyl groups excluding tert-OH is 2. The zero-order chi connectivity index (χ0) is 89.0. The number of aliphatic carboxylic acids is 1. The van der Waals surface area contributed by atoms with Crippen LogP contribution in [0.4, 0.5) is 9.59 Å². The summed E-state index contributed by atoms with van der Waals surface area (Å²) in [5, 5.41) is 29.5. The highest BCUT2D eigenvalue weighted by Crippen LogP contribution is 2.53. The van der Waals surface area contributed by atoms with Crippen LogP contribution in [-0.2, 0) is 146 Å². The van der Waals surface area contributed by atoms with E-state index < -0.39 is 35.5 Å². The molecular formula is C100H125ClO25. The SMILES string of the molecule is C.CC[C@@H](CC[C@@H]1[C@H]2Cc3cccc(OCC(=O)O)c3C[C@H]2C[C@H]1O)OC(=O)COC.CC[C@@H](CC[C@@H]1[C@H]2Cc3cccc(OCC(=O)OCc4ccccc4)c3C[C@H]2C[C@H]1OC(=O)OCc1ccccc1)OC(=O)COC.CC[C@H](O)CC[C@@H]1[C@H]2Cc3cccc(OCC(=O)OCc4ccccc4)c3C[C@H]2C[C@H]1OC(=O)OCc1ccccc1.COCC(=O)Cl. The molecule has 13 rings (SSSR count). The largest absolute Gasteiger partial charge is 0.508 e. The van der Waals surface area contributed by atoms with E-state index in [9.17, 15) is 48.6 Å². The van der Waals surface area contributed by atoms with E-state index in [1.807, 2.05) is 178 Å². The van der Waals surface area contributed by atoms with Crippen molar-refractivity contribution >= 4 is 59.0 Å². The molecule has 3 N–H and O–H groups in total. The van der Waals surface area contributed by atoms with Crippen LogP contribution in [0.1, 0.15) is 161 Å². The number of rotatable bonds is 39. The van der Waals surface area contributed by atoms with Gasteiger partial charge in [0.15, 0.2) is 19.8 Å². The maximum absolute atomic E-state index is 12.9. The number of carboxylic acid groups (broad SMARTS) is 1. The summed E-state index contributed by atoms with van der Waals surface area (Å²) < 4.78 is 76.4. The fourth-order valence-electron chi connectivity index (χ4n) is 18.6. The van der Waals surface area contributed by atoms with Gasteiger partial charge in [0.25, 0.3) is 0 Å². The highest BCUT2D eigenvalue weighted by Gasteiger charge is 2.50. The van der Waals surface area contributed by atoms with Gasteiger partial charge in [0, 0.05) is 21.3 Å². The Hall–Kier alpha value is -10.4. The Kier molecular flexibility index (Phi) is 41.0. The molecule has 25 nitrogen and oxygen atoms in total. The molecule has 0 aromatic heterocycles. The lowest BCUT2D eigenvalue weighted by molar-refractivity contribution is -0.155. The number of benzene rings is 7. The molecule has 126 heavy (non-hydrogen) atoms. The van der Waals surface area contributed by atoms with Crippen molar-refractivity contribution in [3.05, 3.63) is 232 Å². The van der Waals surface area contributed by atoms with Gasteiger partial charge in [-0.2, -0.15) is 0 Å². The Labute approximate surface area is 744 Å². The van der Waals surface area contributed by atoms with E-state index in [1.54, 1.807) is 0 Å². The highest BCUT2D eigenvalue weighted by atomic mass is 35.5. The molecule has 0 radical (unpaired) electrons. The summed E-state index contributed by atoms with van der Waals surface area (Å²) in [6, 6.07) is 55.9. The lowest BCUT2D eigenvalue weighted by Gasteiger charge is -2.33. The summed E-state index contributed by atoms with van der Waals surface area (Å²) in [7, 11) is 4.35. The molecule has 6 aliphatic rings. The van der Waals surface area contributed by atoms with Crippen LogP contribution < -0.4 is 14.2 Å². The first-order chi connectivity index (χ1) is 60.6. The molecular weight excluding hydrogens is 1640 g/mol. The van der Waals surface area contributed by atoms with Gasteiger partial charge in [-0.05, 0) is 254 Å². The van der Waals surface area contributed by atoms with Crippen molar-refractivity contribution in [2.45, 2.75) is 207 Å². The van der Waals surface area contributed by atoms with Crippen LogP contribution in [-0.4, -0.2) is 160 Å². The number of methoxy groups -OCH3 is 3. The first kappa shape index (κ1) is 99.4. The smallest absolute Gasteiger partial charge is 0.482 e.